The van der Waals surface area contributed by atoms with Gasteiger partial charge in [0.05, 0.1) is 6.61 Å². The predicted molar refractivity (Wildman–Crippen MR) is 98.0 cm³/mol. The molecule has 2 heteroatoms. The van der Waals surface area contributed by atoms with Crippen molar-refractivity contribution in [3.05, 3.63) is 65.7 Å². The molecule has 0 aliphatic carbocycles. The van der Waals surface area contributed by atoms with Crippen LogP contribution in [0.2, 0.25) is 0 Å². The predicted octanol–water partition coefficient (Wildman–Crippen LogP) is 5.00. The highest BCUT2D eigenvalue weighted by Crippen LogP contribution is 2.26. The number of para-hydroxylation sites is 1. The van der Waals surface area contributed by atoms with Gasteiger partial charge in [-0.25, -0.2) is 0 Å². The van der Waals surface area contributed by atoms with E-state index in [1.165, 1.54) is 11.1 Å². The van der Waals surface area contributed by atoms with Crippen LogP contribution in [0.1, 0.15) is 44.9 Å². The van der Waals surface area contributed by atoms with Crippen molar-refractivity contribution in [1.29, 1.82) is 0 Å². The lowest BCUT2D eigenvalue weighted by atomic mass is 9.96. The molecule has 23 heavy (non-hydrogen) atoms. The largest absolute Gasteiger partial charge is 0.493 e. The Kier molecular flexibility index (Phi) is 6.23. The first-order chi connectivity index (χ1) is 11.0. The molecule has 0 bridgehead atoms. The molecule has 0 amide bonds. The average molecular weight is 311 g/mol. The average Bonchev–Trinajstić information content (AvgIpc) is 2.53. The fourth-order valence-electron chi connectivity index (χ4n) is 2.46. The lowest BCUT2D eigenvalue weighted by Crippen LogP contribution is -2.29. The monoisotopic (exact) mass is 311 g/mol. The Labute approximate surface area is 140 Å². The standard InChI is InChI=1S/C21H29NO/c1-17(22-16-21(2,3)4)19-12-8-9-13-20(19)23-15-14-18-10-6-5-7-11-18/h5-13,17,22H,14-16H2,1-4H3. The molecule has 0 fully saturated rings. The molecule has 0 aliphatic heterocycles. The van der Waals surface area contributed by atoms with E-state index in [1.807, 2.05) is 12.1 Å². The van der Waals surface area contributed by atoms with E-state index in [0.29, 0.717) is 6.61 Å². The van der Waals surface area contributed by atoms with Crippen LogP contribution in [-0.2, 0) is 6.42 Å². The third-order valence-corrected chi connectivity index (χ3v) is 3.82. The number of hydrogen-bond acceptors (Lipinski definition) is 2. The van der Waals surface area contributed by atoms with Gasteiger partial charge in [-0.2, -0.15) is 0 Å². The first kappa shape index (κ1) is 17.6. The van der Waals surface area contributed by atoms with Crippen molar-refractivity contribution in [2.75, 3.05) is 13.2 Å². The summed E-state index contributed by atoms with van der Waals surface area (Å²) in [6.07, 6.45) is 0.930. The summed E-state index contributed by atoms with van der Waals surface area (Å²) in [5, 5.41) is 3.61. The van der Waals surface area contributed by atoms with E-state index in [9.17, 15) is 0 Å². The van der Waals surface area contributed by atoms with Crippen molar-refractivity contribution in [2.24, 2.45) is 5.41 Å². The smallest absolute Gasteiger partial charge is 0.124 e. The zero-order valence-corrected chi connectivity index (χ0v) is 14.8. The van der Waals surface area contributed by atoms with Gasteiger partial charge in [0.15, 0.2) is 0 Å². The molecule has 124 valence electrons. The normalized spacial score (nSPS) is 12.9. The summed E-state index contributed by atoms with van der Waals surface area (Å²) >= 11 is 0. The summed E-state index contributed by atoms with van der Waals surface area (Å²) in [5.74, 6) is 0.984. The molecule has 0 spiro atoms. The highest BCUT2D eigenvalue weighted by molar-refractivity contribution is 5.35. The molecule has 2 aromatic carbocycles. The van der Waals surface area contributed by atoms with Crippen LogP contribution in [0.3, 0.4) is 0 Å². The topological polar surface area (TPSA) is 21.3 Å². The summed E-state index contributed by atoms with van der Waals surface area (Å²) in [5.41, 5.74) is 2.81. The van der Waals surface area contributed by atoms with Crippen molar-refractivity contribution in [3.8, 4) is 5.75 Å². The van der Waals surface area contributed by atoms with Crippen LogP contribution in [0.5, 0.6) is 5.75 Å². The molecule has 1 atom stereocenters. The fraction of sp³-hybridized carbons (Fsp3) is 0.429. The van der Waals surface area contributed by atoms with E-state index in [4.69, 9.17) is 4.74 Å². The highest BCUT2D eigenvalue weighted by atomic mass is 16.5. The molecule has 0 saturated heterocycles. The zero-order chi connectivity index (χ0) is 16.7. The maximum atomic E-state index is 6.05. The Bertz CT molecular complexity index is 586. The summed E-state index contributed by atoms with van der Waals surface area (Å²) in [4.78, 5) is 0. The minimum atomic E-state index is 0.275. The van der Waals surface area contributed by atoms with Crippen molar-refractivity contribution in [2.45, 2.75) is 40.2 Å². The number of rotatable bonds is 7. The second-order valence-corrected chi connectivity index (χ2v) is 7.29. The number of hydrogen-bond donors (Lipinski definition) is 1. The SMILES string of the molecule is CC(NCC(C)(C)C)c1ccccc1OCCc1ccccc1. The van der Waals surface area contributed by atoms with Crippen LogP contribution in [0.15, 0.2) is 54.6 Å². The van der Waals surface area contributed by atoms with Crippen LogP contribution >= 0.6 is 0 Å². The molecule has 0 aliphatic rings. The quantitative estimate of drug-likeness (QED) is 0.776. The molecule has 0 heterocycles. The number of benzene rings is 2. The van der Waals surface area contributed by atoms with Crippen molar-refractivity contribution >= 4 is 0 Å². The van der Waals surface area contributed by atoms with Gasteiger partial charge in [-0.15, -0.1) is 0 Å². The lowest BCUT2D eigenvalue weighted by molar-refractivity contribution is 0.310. The molecule has 0 radical (unpaired) electrons. The minimum absolute atomic E-state index is 0.275. The number of nitrogens with one attached hydrogen (secondary N) is 1. The Hall–Kier alpha value is -1.80. The lowest BCUT2D eigenvalue weighted by Gasteiger charge is -2.24. The maximum absolute atomic E-state index is 6.05. The van der Waals surface area contributed by atoms with Gasteiger partial charge in [0.1, 0.15) is 5.75 Å². The Balaban J connectivity index is 1.94. The second-order valence-electron chi connectivity index (χ2n) is 7.29. The Morgan fingerprint density at radius 2 is 1.61 bits per heavy atom. The van der Waals surface area contributed by atoms with Crippen molar-refractivity contribution < 1.29 is 4.74 Å². The van der Waals surface area contributed by atoms with Crippen LogP contribution in [0, 0.1) is 5.41 Å². The van der Waals surface area contributed by atoms with Gasteiger partial charge >= 0.3 is 0 Å². The third kappa shape index (κ3) is 6.07. The first-order valence-corrected chi connectivity index (χ1v) is 8.45. The van der Waals surface area contributed by atoms with Crippen LogP contribution in [0.4, 0.5) is 0 Å². The van der Waals surface area contributed by atoms with E-state index in [1.54, 1.807) is 0 Å². The van der Waals surface area contributed by atoms with Gasteiger partial charge in [-0.05, 0) is 24.0 Å². The summed E-state index contributed by atoms with van der Waals surface area (Å²) < 4.78 is 6.05. The first-order valence-electron chi connectivity index (χ1n) is 8.45. The molecule has 1 unspecified atom stereocenters. The van der Waals surface area contributed by atoms with E-state index >= 15 is 0 Å². The zero-order valence-electron chi connectivity index (χ0n) is 14.8. The van der Waals surface area contributed by atoms with Crippen LogP contribution in [0.25, 0.3) is 0 Å². The number of ether oxygens (including phenoxy) is 1. The van der Waals surface area contributed by atoms with Crippen LogP contribution < -0.4 is 10.1 Å². The van der Waals surface area contributed by atoms with Gasteiger partial charge in [-0.1, -0.05) is 69.3 Å². The summed E-state index contributed by atoms with van der Waals surface area (Å²) in [6, 6.07) is 19.1. The molecule has 2 aromatic rings. The van der Waals surface area contributed by atoms with Gasteiger partial charge in [-0.3, -0.25) is 0 Å². The summed E-state index contributed by atoms with van der Waals surface area (Å²) in [6.45, 7) is 10.6. The maximum Gasteiger partial charge on any atom is 0.124 e. The fourth-order valence-corrected chi connectivity index (χ4v) is 2.46. The van der Waals surface area contributed by atoms with Gasteiger partial charge in [0.25, 0.3) is 0 Å². The molecular formula is C21H29NO. The van der Waals surface area contributed by atoms with E-state index < -0.39 is 0 Å². The van der Waals surface area contributed by atoms with Gasteiger partial charge in [0.2, 0.25) is 0 Å². The van der Waals surface area contributed by atoms with Crippen molar-refractivity contribution in [1.82, 2.24) is 5.32 Å². The molecule has 1 N–H and O–H groups in total. The molecular weight excluding hydrogens is 282 g/mol. The van der Waals surface area contributed by atoms with Crippen molar-refractivity contribution in [3.63, 3.8) is 0 Å². The van der Waals surface area contributed by atoms with E-state index in [-0.39, 0.29) is 11.5 Å². The molecule has 2 nitrogen and oxygen atoms in total. The third-order valence-electron chi connectivity index (χ3n) is 3.82. The van der Waals surface area contributed by atoms with Crippen LogP contribution in [-0.4, -0.2) is 13.2 Å². The highest BCUT2D eigenvalue weighted by Gasteiger charge is 2.15. The van der Waals surface area contributed by atoms with Gasteiger partial charge in [0, 0.05) is 24.6 Å². The molecule has 2 rings (SSSR count). The molecule has 0 saturated carbocycles. The Morgan fingerprint density at radius 3 is 2.30 bits per heavy atom. The van der Waals surface area contributed by atoms with Gasteiger partial charge < -0.3 is 10.1 Å². The summed E-state index contributed by atoms with van der Waals surface area (Å²) in [7, 11) is 0. The van der Waals surface area contributed by atoms with E-state index in [0.717, 1.165) is 18.7 Å². The second kappa shape index (κ2) is 8.16. The molecule has 0 aromatic heterocycles. The minimum Gasteiger partial charge on any atom is -0.493 e. The Morgan fingerprint density at radius 1 is 0.957 bits per heavy atom. The van der Waals surface area contributed by atoms with E-state index in [2.05, 4.69) is 75.5 Å².